The summed E-state index contributed by atoms with van der Waals surface area (Å²) in [5.41, 5.74) is 12.8. The number of nitrogens with zero attached hydrogens (tertiary/aromatic N) is 3. The van der Waals surface area contributed by atoms with Crippen molar-refractivity contribution in [1.29, 1.82) is 0 Å². The van der Waals surface area contributed by atoms with Crippen molar-refractivity contribution in [2.45, 2.75) is 76.2 Å². The van der Waals surface area contributed by atoms with E-state index in [1.54, 1.807) is 62.5 Å². The summed E-state index contributed by atoms with van der Waals surface area (Å²) >= 11 is 22.9. The minimum atomic E-state index is -3.10. The number of rotatable bonds is 15. The number of alkyl halides is 3. The van der Waals surface area contributed by atoms with Crippen LogP contribution in [0.2, 0.25) is 5.02 Å². The number of aliphatic carboxylic acids is 1. The highest BCUT2D eigenvalue weighted by atomic mass is 35.5. The Morgan fingerprint density at radius 1 is 1.09 bits per heavy atom. The maximum atomic E-state index is 12.2. The number of hydrogen-bond acceptors (Lipinski definition) is 12. The first-order valence-electron chi connectivity index (χ1n) is 19.9. The van der Waals surface area contributed by atoms with Crippen LogP contribution in [0.15, 0.2) is 83.5 Å². The van der Waals surface area contributed by atoms with Crippen LogP contribution in [0.4, 0.5) is 17.1 Å². The molecule has 4 unspecified atom stereocenters. The summed E-state index contributed by atoms with van der Waals surface area (Å²) in [6.07, 6.45) is 2.17. The van der Waals surface area contributed by atoms with Gasteiger partial charge in [-0.1, -0.05) is 78.1 Å². The van der Waals surface area contributed by atoms with E-state index < -0.39 is 34.9 Å². The average Bonchev–Trinajstić information content (AvgIpc) is 3.90. The summed E-state index contributed by atoms with van der Waals surface area (Å²) in [5, 5.41) is 19.0. The number of amides is 2. The first-order chi connectivity index (χ1) is 30.4. The van der Waals surface area contributed by atoms with Crippen molar-refractivity contribution in [2.75, 3.05) is 49.6 Å². The van der Waals surface area contributed by atoms with Crippen molar-refractivity contribution in [1.82, 2.24) is 4.90 Å². The van der Waals surface area contributed by atoms with Crippen molar-refractivity contribution in [3.8, 4) is 11.5 Å². The topological polar surface area (TPSA) is 251 Å². The zero-order valence-electron chi connectivity index (χ0n) is 37.0. The molecule has 5 rings (SSSR count). The molecule has 6 N–H and O–H groups in total. The van der Waals surface area contributed by atoms with Gasteiger partial charge in [0.2, 0.25) is 5.91 Å². The number of nitrogens with two attached hydrogens (primary N) is 2. The predicted molar refractivity (Wildman–Crippen MR) is 254 cm³/mol. The molecule has 1 saturated heterocycles. The Morgan fingerprint density at radius 2 is 1.74 bits per heavy atom. The van der Waals surface area contributed by atoms with Gasteiger partial charge in [-0.05, 0) is 82.0 Å². The van der Waals surface area contributed by atoms with Gasteiger partial charge in [0.1, 0.15) is 51.7 Å². The number of nitro benzene ring substituents is 1. The molecule has 1 aromatic heterocycles. The van der Waals surface area contributed by atoms with Gasteiger partial charge < -0.3 is 49.9 Å². The highest BCUT2D eigenvalue weighted by Gasteiger charge is 2.45. The number of hydrogen-bond donors (Lipinski definition) is 4. The summed E-state index contributed by atoms with van der Waals surface area (Å²) in [4.78, 5) is 55.2. The van der Waals surface area contributed by atoms with Gasteiger partial charge in [-0.3, -0.25) is 29.1 Å². The third kappa shape index (κ3) is 17.7. The predicted octanol–water partition coefficient (Wildman–Crippen LogP) is 9.19. The number of ether oxygens (including phenoxy) is 3. The third-order valence-electron chi connectivity index (χ3n) is 9.38. The van der Waals surface area contributed by atoms with Crippen molar-refractivity contribution in [2.24, 2.45) is 5.73 Å². The highest BCUT2D eigenvalue weighted by molar-refractivity contribution is 7.57. The standard InChI is InChI=1S/C15H22ClNO2.C12H9ClN2O3.C11H13Cl2NO3.C5H12NO4P/c1-5-13-8-6-7-11(2)15(13)17(14(18)9-16)12(3)10-19-4;13-11-10(18-8-4-2-1-3-5-8)7-6-9(12(11)14)15(16)17;1-11(2)14(10(15)9(12)13)6-8(17-11)7-4-3-5-16-7;1-11(9,10)3-2-4(6)5(7)8/h6-8,12H,5,9-10H2,1-4H3;1-7H,14H2;3-5,8-9H,6H2,1-2H3;4H,2-3,6H2,1H3,(H,7,8)(H,9,10). The van der Waals surface area contributed by atoms with Crippen LogP contribution >= 0.6 is 53.8 Å². The Labute approximate surface area is 398 Å². The second-order valence-corrected chi connectivity index (χ2v) is 19.2. The molecule has 1 fully saturated rings. The Morgan fingerprint density at radius 3 is 2.25 bits per heavy atom. The summed E-state index contributed by atoms with van der Waals surface area (Å²) in [5.74, 6) is -0.0558. The maximum absolute atomic E-state index is 12.2. The van der Waals surface area contributed by atoms with Gasteiger partial charge in [0, 0.05) is 26.0 Å². The second kappa shape index (κ2) is 26.7. The normalized spacial score (nSPS) is 15.7. The number of carboxylic acid groups (broad SMARTS) is 1. The van der Waals surface area contributed by atoms with Crippen LogP contribution in [0, 0.1) is 17.0 Å². The fourth-order valence-corrected chi connectivity index (χ4v) is 7.49. The lowest BCUT2D eigenvalue weighted by Crippen LogP contribution is -2.45. The Hall–Kier alpha value is -4.42. The van der Waals surface area contributed by atoms with E-state index >= 15 is 0 Å². The molecule has 22 heteroatoms. The van der Waals surface area contributed by atoms with Gasteiger partial charge in [-0.2, -0.15) is 0 Å². The largest absolute Gasteiger partial charge is 0.480 e. The summed E-state index contributed by atoms with van der Waals surface area (Å²) in [6.45, 7) is 11.7. The fourth-order valence-electron chi connectivity index (χ4n) is 6.17. The zero-order valence-corrected chi connectivity index (χ0v) is 40.9. The Balaban J connectivity index is 0.000000303. The molecule has 4 aromatic rings. The molecule has 3 aromatic carbocycles. The van der Waals surface area contributed by atoms with Crippen LogP contribution < -0.4 is 21.1 Å². The minimum absolute atomic E-state index is 0.0223. The molecule has 65 heavy (non-hydrogen) atoms. The van der Waals surface area contributed by atoms with E-state index in [0.29, 0.717) is 24.7 Å². The number of nitrogen functional groups attached to an aromatic ring is 1. The number of aryl methyl sites for hydroxylation is 2. The van der Waals surface area contributed by atoms with Gasteiger partial charge in [0.15, 0.2) is 12.2 Å². The number of anilines is 2. The van der Waals surface area contributed by atoms with Crippen LogP contribution in [0.1, 0.15) is 57.1 Å². The molecule has 1 aliphatic heterocycles. The van der Waals surface area contributed by atoms with E-state index in [0.717, 1.165) is 23.2 Å². The monoisotopic (exact) mass is 1010 g/mol. The molecule has 0 radical (unpaired) electrons. The van der Waals surface area contributed by atoms with E-state index in [9.17, 15) is 29.1 Å². The molecule has 0 spiro atoms. The molecule has 358 valence electrons. The lowest BCUT2D eigenvalue weighted by molar-refractivity contribution is -0.383. The number of para-hydroxylation sites is 2. The van der Waals surface area contributed by atoms with Gasteiger partial charge in [-0.25, -0.2) is 0 Å². The zero-order chi connectivity index (χ0) is 49.2. The first kappa shape index (κ1) is 56.7. The molecule has 4 atom stereocenters. The fraction of sp³-hybridized carbons (Fsp3) is 0.419. The van der Waals surface area contributed by atoms with Crippen LogP contribution in [-0.2, 0) is 34.8 Å². The van der Waals surface area contributed by atoms with Gasteiger partial charge in [0.25, 0.3) is 11.6 Å². The third-order valence-corrected chi connectivity index (χ3v) is 11.5. The summed E-state index contributed by atoms with van der Waals surface area (Å²) < 4.78 is 32.4. The van der Waals surface area contributed by atoms with Crippen molar-refractivity contribution >= 4 is 88.6 Å². The molecule has 0 saturated carbocycles. The van der Waals surface area contributed by atoms with Gasteiger partial charge in [0.05, 0.1) is 36.1 Å². The minimum Gasteiger partial charge on any atom is -0.480 e. The van der Waals surface area contributed by atoms with E-state index in [1.807, 2.05) is 38.1 Å². The van der Waals surface area contributed by atoms with Crippen LogP contribution in [0.5, 0.6) is 11.5 Å². The van der Waals surface area contributed by atoms with E-state index in [2.05, 4.69) is 13.0 Å². The number of halogens is 4. The maximum Gasteiger partial charge on any atom is 0.320 e. The second-order valence-electron chi connectivity index (χ2n) is 14.9. The van der Waals surface area contributed by atoms with E-state index in [-0.39, 0.29) is 64.6 Å². The van der Waals surface area contributed by atoms with Crippen LogP contribution in [-0.4, -0.2) is 99.2 Å². The molecule has 0 aliphatic carbocycles. The number of carbonyl (C=O) groups excluding carboxylic acids is 2. The SMILES string of the molecule is CC1(C)OC(c2ccco2)CN1C(=O)C(Cl)Cl.CCc1cccc(C)c1N(C(=O)CCl)C(C)COC.CP(=O)(O)CCC(N)C(=O)O.Nc1c([N+](=O)[O-])ccc(Oc2ccccc2)c1Cl. The smallest absolute Gasteiger partial charge is 0.320 e. The lowest BCUT2D eigenvalue weighted by atomic mass is 10.0. The number of methoxy groups -OCH3 is 1. The molecule has 2 amide bonds. The molecule has 17 nitrogen and oxygen atoms in total. The van der Waals surface area contributed by atoms with E-state index in [4.69, 9.17) is 86.5 Å². The van der Waals surface area contributed by atoms with Crippen LogP contribution in [0.25, 0.3) is 0 Å². The molecular formula is C43H56Cl4N5O12P. The lowest BCUT2D eigenvalue weighted by Gasteiger charge is -2.31. The quantitative estimate of drug-likeness (QED) is 0.0285. The van der Waals surface area contributed by atoms with Crippen molar-refractivity contribution in [3.63, 3.8) is 0 Å². The molecule has 1 aliphatic rings. The van der Waals surface area contributed by atoms with Crippen molar-refractivity contribution in [3.05, 3.63) is 111 Å². The number of carbonyl (C=O) groups is 3. The summed E-state index contributed by atoms with van der Waals surface area (Å²) in [6, 6.07) is 20.2. The van der Waals surface area contributed by atoms with Crippen molar-refractivity contribution < 1.29 is 52.5 Å². The molecular weight excluding hydrogens is 951 g/mol. The summed E-state index contributed by atoms with van der Waals surface area (Å²) in [7, 11) is -1.47. The number of furan rings is 1. The number of nitro groups is 1. The highest BCUT2D eigenvalue weighted by Crippen LogP contribution is 2.40. The van der Waals surface area contributed by atoms with Gasteiger partial charge in [-0.15, -0.1) is 11.6 Å². The molecule has 2 heterocycles. The Kier molecular flexibility index (Phi) is 23.3. The Bertz CT molecular complexity index is 2210. The van der Waals surface area contributed by atoms with E-state index in [1.165, 1.54) is 23.7 Å². The first-order valence-corrected chi connectivity index (χ1v) is 24.0. The number of benzene rings is 3. The number of carboxylic acids is 1. The van der Waals surface area contributed by atoms with Gasteiger partial charge >= 0.3 is 5.97 Å². The molecule has 0 bridgehead atoms. The average molecular weight is 1010 g/mol. The van der Waals surface area contributed by atoms with Crippen LogP contribution in [0.3, 0.4) is 0 Å².